The average molecular weight is 249 g/mol. The molecule has 0 heterocycles. The first-order chi connectivity index (χ1) is 7.83. The van der Waals surface area contributed by atoms with E-state index in [2.05, 4.69) is 9.47 Å². The second kappa shape index (κ2) is 4.94. The van der Waals surface area contributed by atoms with Crippen molar-refractivity contribution in [3.8, 4) is 5.75 Å². The van der Waals surface area contributed by atoms with Crippen molar-refractivity contribution in [2.45, 2.75) is 13.3 Å². The number of hydrogen-bond acceptors (Lipinski definition) is 4. The Kier molecular flexibility index (Phi) is 3.82. The Labute approximate surface area is 95.1 Å². The van der Waals surface area contributed by atoms with Crippen molar-refractivity contribution in [1.29, 1.82) is 0 Å². The maximum absolute atomic E-state index is 12.1. The summed E-state index contributed by atoms with van der Waals surface area (Å²) in [4.78, 5) is 11.4. The summed E-state index contributed by atoms with van der Waals surface area (Å²) < 4.78 is 44.5. The Bertz CT molecular complexity index is 418. The molecule has 1 aromatic carbocycles. The van der Waals surface area contributed by atoms with E-state index in [9.17, 15) is 18.0 Å². The monoisotopic (exact) mass is 249 g/mol. The van der Waals surface area contributed by atoms with Crippen molar-refractivity contribution in [3.05, 3.63) is 23.8 Å². The molecule has 94 valence electrons. The van der Waals surface area contributed by atoms with Crippen molar-refractivity contribution in [3.63, 3.8) is 0 Å². The SMILES string of the molecule is CCOC(=O)c1cc(N)ccc1OC(F)(F)F. The van der Waals surface area contributed by atoms with Gasteiger partial charge in [0, 0.05) is 5.69 Å². The molecule has 0 aliphatic rings. The number of nitrogen functional groups attached to an aromatic ring is 1. The minimum absolute atomic E-state index is 0.0408. The van der Waals surface area contributed by atoms with Crippen molar-refractivity contribution in [2.75, 3.05) is 12.3 Å². The van der Waals surface area contributed by atoms with Gasteiger partial charge < -0.3 is 15.2 Å². The Morgan fingerprint density at radius 3 is 2.59 bits per heavy atom. The zero-order valence-corrected chi connectivity index (χ0v) is 8.88. The molecule has 0 aliphatic heterocycles. The minimum Gasteiger partial charge on any atom is -0.462 e. The van der Waals surface area contributed by atoms with E-state index in [1.54, 1.807) is 0 Å². The van der Waals surface area contributed by atoms with Crippen LogP contribution < -0.4 is 10.5 Å². The van der Waals surface area contributed by atoms with Gasteiger partial charge in [-0.3, -0.25) is 0 Å². The fraction of sp³-hybridized carbons (Fsp3) is 0.300. The summed E-state index contributed by atoms with van der Waals surface area (Å²) in [5, 5.41) is 0. The van der Waals surface area contributed by atoms with Crippen LogP contribution in [0.5, 0.6) is 5.75 Å². The molecule has 0 aliphatic carbocycles. The van der Waals surface area contributed by atoms with Crippen LogP contribution in [-0.2, 0) is 4.74 Å². The van der Waals surface area contributed by atoms with Gasteiger partial charge in [0.2, 0.25) is 0 Å². The van der Waals surface area contributed by atoms with Gasteiger partial charge in [0.05, 0.1) is 6.61 Å². The summed E-state index contributed by atoms with van der Waals surface area (Å²) in [6.45, 7) is 1.58. The first-order valence-electron chi connectivity index (χ1n) is 4.66. The van der Waals surface area contributed by atoms with E-state index in [1.807, 2.05) is 0 Å². The quantitative estimate of drug-likeness (QED) is 0.659. The number of halogens is 3. The Hall–Kier alpha value is -1.92. The highest BCUT2D eigenvalue weighted by Gasteiger charge is 2.33. The number of carbonyl (C=O) groups is 1. The standard InChI is InChI=1S/C10H10F3NO3/c1-2-16-9(15)7-5-6(14)3-4-8(7)17-10(11,12)13/h3-5H,2,14H2,1H3. The number of rotatable bonds is 3. The van der Waals surface area contributed by atoms with Crippen LogP contribution >= 0.6 is 0 Å². The molecule has 0 radical (unpaired) electrons. The summed E-state index contributed by atoms with van der Waals surface area (Å²) in [5.41, 5.74) is 5.16. The van der Waals surface area contributed by atoms with Gasteiger partial charge in [-0.25, -0.2) is 4.79 Å². The molecular weight excluding hydrogens is 239 g/mol. The lowest BCUT2D eigenvalue weighted by atomic mass is 10.2. The molecule has 0 fully saturated rings. The lowest BCUT2D eigenvalue weighted by Gasteiger charge is -2.12. The summed E-state index contributed by atoms with van der Waals surface area (Å²) in [6, 6.07) is 3.23. The summed E-state index contributed by atoms with van der Waals surface area (Å²) >= 11 is 0. The fourth-order valence-corrected chi connectivity index (χ4v) is 1.13. The number of esters is 1. The number of alkyl halides is 3. The van der Waals surface area contributed by atoms with Crippen LogP contribution in [0.25, 0.3) is 0 Å². The first-order valence-corrected chi connectivity index (χ1v) is 4.66. The van der Waals surface area contributed by atoms with E-state index in [0.29, 0.717) is 0 Å². The molecule has 0 amide bonds. The van der Waals surface area contributed by atoms with Crippen LogP contribution in [0.4, 0.5) is 18.9 Å². The Morgan fingerprint density at radius 1 is 1.41 bits per heavy atom. The van der Waals surface area contributed by atoms with Gasteiger partial charge in [-0.05, 0) is 25.1 Å². The molecule has 4 nitrogen and oxygen atoms in total. The largest absolute Gasteiger partial charge is 0.573 e. The molecule has 1 aromatic rings. The van der Waals surface area contributed by atoms with E-state index in [-0.39, 0.29) is 17.9 Å². The van der Waals surface area contributed by atoms with Gasteiger partial charge in [-0.2, -0.15) is 0 Å². The predicted octanol–water partition coefficient (Wildman–Crippen LogP) is 2.34. The van der Waals surface area contributed by atoms with E-state index in [4.69, 9.17) is 5.73 Å². The van der Waals surface area contributed by atoms with Crippen LogP contribution in [0, 0.1) is 0 Å². The van der Waals surface area contributed by atoms with Crippen molar-refractivity contribution in [2.24, 2.45) is 0 Å². The van der Waals surface area contributed by atoms with Crippen LogP contribution in [-0.4, -0.2) is 18.9 Å². The molecule has 17 heavy (non-hydrogen) atoms. The third-order valence-electron chi connectivity index (χ3n) is 1.72. The van der Waals surface area contributed by atoms with Crippen molar-refractivity contribution >= 4 is 11.7 Å². The Balaban J connectivity index is 3.08. The number of anilines is 1. The van der Waals surface area contributed by atoms with Crippen LogP contribution in [0.15, 0.2) is 18.2 Å². The topological polar surface area (TPSA) is 61.5 Å². The van der Waals surface area contributed by atoms with Gasteiger partial charge in [-0.1, -0.05) is 0 Å². The molecule has 0 saturated carbocycles. The molecule has 7 heteroatoms. The maximum Gasteiger partial charge on any atom is 0.573 e. The smallest absolute Gasteiger partial charge is 0.462 e. The fourth-order valence-electron chi connectivity index (χ4n) is 1.13. The second-order valence-electron chi connectivity index (χ2n) is 3.02. The highest BCUT2D eigenvalue weighted by atomic mass is 19.4. The lowest BCUT2D eigenvalue weighted by Crippen LogP contribution is -2.19. The van der Waals surface area contributed by atoms with E-state index in [0.717, 1.165) is 12.1 Å². The van der Waals surface area contributed by atoms with Crippen LogP contribution in [0.3, 0.4) is 0 Å². The lowest BCUT2D eigenvalue weighted by molar-refractivity contribution is -0.274. The third kappa shape index (κ3) is 3.86. The Morgan fingerprint density at radius 2 is 2.06 bits per heavy atom. The summed E-state index contributed by atoms with van der Waals surface area (Å²) in [6.07, 6.45) is -4.88. The van der Waals surface area contributed by atoms with Gasteiger partial charge in [0.1, 0.15) is 11.3 Å². The molecule has 1 rings (SSSR count). The molecule has 0 aromatic heterocycles. The average Bonchev–Trinajstić information content (AvgIpc) is 2.19. The highest BCUT2D eigenvalue weighted by molar-refractivity contribution is 5.93. The molecule has 0 unspecified atom stereocenters. The minimum atomic E-state index is -4.88. The molecule has 0 saturated heterocycles. The molecule has 0 bridgehead atoms. The zero-order valence-electron chi connectivity index (χ0n) is 8.88. The van der Waals surface area contributed by atoms with Crippen molar-refractivity contribution in [1.82, 2.24) is 0 Å². The third-order valence-corrected chi connectivity index (χ3v) is 1.72. The van der Waals surface area contributed by atoms with E-state index >= 15 is 0 Å². The van der Waals surface area contributed by atoms with Gasteiger partial charge >= 0.3 is 12.3 Å². The van der Waals surface area contributed by atoms with Crippen LogP contribution in [0.1, 0.15) is 17.3 Å². The zero-order chi connectivity index (χ0) is 13.1. The summed E-state index contributed by atoms with van der Waals surface area (Å²) in [7, 11) is 0. The summed E-state index contributed by atoms with van der Waals surface area (Å²) in [5.74, 6) is -1.55. The number of benzene rings is 1. The molecule has 0 spiro atoms. The second-order valence-corrected chi connectivity index (χ2v) is 3.02. The molecule has 0 atom stereocenters. The predicted molar refractivity (Wildman–Crippen MR) is 53.5 cm³/mol. The first kappa shape index (κ1) is 13.1. The number of hydrogen-bond donors (Lipinski definition) is 1. The normalized spacial score (nSPS) is 11.1. The van der Waals surface area contributed by atoms with E-state index in [1.165, 1.54) is 13.0 Å². The number of carbonyl (C=O) groups excluding carboxylic acids is 1. The van der Waals surface area contributed by atoms with Crippen molar-refractivity contribution < 1.29 is 27.4 Å². The van der Waals surface area contributed by atoms with Gasteiger partial charge in [-0.15, -0.1) is 13.2 Å². The highest BCUT2D eigenvalue weighted by Crippen LogP contribution is 2.28. The molecular formula is C10H10F3NO3. The number of ether oxygens (including phenoxy) is 2. The van der Waals surface area contributed by atoms with Gasteiger partial charge in [0.25, 0.3) is 0 Å². The van der Waals surface area contributed by atoms with Gasteiger partial charge in [0.15, 0.2) is 0 Å². The molecule has 2 N–H and O–H groups in total. The number of nitrogens with two attached hydrogens (primary N) is 1. The maximum atomic E-state index is 12.1. The van der Waals surface area contributed by atoms with E-state index < -0.39 is 18.1 Å². The van der Waals surface area contributed by atoms with Crippen LogP contribution in [0.2, 0.25) is 0 Å².